The van der Waals surface area contributed by atoms with Crippen molar-refractivity contribution in [3.05, 3.63) is 96.6 Å². The van der Waals surface area contributed by atoms with E-state index in [0.717, 1.165) is 16.0 Å². The molecule has 28 heavy (non-hydrogen) atoms. The third kappa shape index (κ3) is 3.46. The number of esters is 1. The summed E-state index contributed by atoms with van der Waals surface area (Å²) in [5, 5.41) is 0. The molecule has 1 heterocycles. The first kappa shape index (κ1) is 17.4. The topological polar surface area (TPSA) is 63.7 Å². The zero-order valence-electron chi connectivity index (χ0n) is 14.7. The fourth-order valence-electron chi connectivity index (χ4n) is 2.91. The summed E-state index contributed by atoms with van der Waals surface area (Å²) < 4.78 is 5.40. The van der Waals surface area contributed by atoms with Crippen molar-refractivity contribution < 1.29 is 19.1 Å². The molecule has 5 nitrogen and oxygen atoms in total. The van der Waals surface area contributed by atoms with Crippen LogP contribution in [0.5, 0.6) is 5.75 Å². The molecule has 0 spiro atoms. The van der Waals surface area contributed by atoms with Crippen molar-refractivity contribution >= 4 is 23.5 Å². The molecular weight excluding hydrogens is 354 g/mol. The largest absolute Gasteiger partial charge is 0.423 e. The van der Waals surface area contributed by atoms with Gasteiger partial charge in [0.15, 0.2) is 0 Å². The van der Waals surface area contributed by atoms with Gasteiger partial charge in [0.25, 0.3) is 11.8 Å². The van der Waals surface area contributed by atoms with Gasteiger partial charge in [-0.2, -0.15) is 0 Å². The first-order chi connectivity index (χ1) is 13.6. The van der Waals surface area contributed by atoms with Crippen molar-refractivity contribution in [2.45, 2.75) is 0 Å². The van der Waals surface area contributed by atoms with E-state index in [0.29, 0.717) is 17.0 Å². The third-order valence-corrected chi connectivity index (χ3v) is 4.34. The van der Waals surface area contributed by atoms with Gasteiger partial charge < -0.3 is 4.74 Å². The molecule has 1 aliphatic heterocycles. The summed E-state index contributed by atoms with van der Waals surface area (Å²) in [5.41, 5.74) is 2.83. The predicted octanol–water partition coefficient (Wildman–Crippen LogP) is 4.00. The third-order valence-electron chi connectivity index (χ3n) is 4.34. The van der Waals surface area contributed by atoms with E-state index in [2.05, 4.69) is 0 Å². The predicted molar refractivity (Wildman–Crippen MR) is 105 cm³/mol. The van der Waals surface area contributed by atoms with E-state index >= 15 is 0 Å². The zero-order chi connectivity index (χ0) is 19.5. The zero-order valence-corrected chi connectivity index (χ0v) is 14.7. The van der Waals surface area contributed by atoms with Gasteiger partial charge in [-0.05, 0) is 47.5 Å². The average molecular weight is 369 g/mol. The van der Waals surface area contributed by atoms with E-state index in [1.54, 1.807) is 12.1 Å². The molecule has 0 bridgehead atoms. The quantitative estimate of drug-likeness (QED) is 0.396. The van der Waals surface area contributed by atoms with E-state index in [9.17, 15) is 14.4 Å². The molecular formula is C23H15NO4. The summed E-state index contributed by atoms with van der Waals surface area (Å²) in [7, 11) is 0. The number of carbonyl (C=O) groups excluding carboxylic acids is 3. The number of amides is 2. The Balaban J connectivity index is 1.45. The Kier molecular flexibility index (Phi) is 4.56. The fraction of sp³-hybridized carbons (Fsp3) is 0. The highest BCUT2D eigenvalue weighted by molar-refractivity contribution is 6.28. The maximum atomic E-state index is 12.3. The molecule has 2 amide bonds. The lowest BCUT2D eigenvalue weighted by Gasteiger charge is -2.14. The van der Waals surface area contributed by atoms with Crippen molar-refractivity contribution in [2.75, 3.05) is 4.90 Å². The summed E-state index contributed by atoms with van der Waals surface area (Å²) in [5.74, 6) is -0.892. The number of carbonyl (C=O) groups is 3. The second kappa shape index (κ2) is 7.32. The van der Waals surface area contributed by atoms with Gasteiger partial charge in [-0.15, -0.1) is 0 Å². The molecule has 0 saturated heterocycles. The molecule has 3 aromatic carbocycles. The standard InChI is InChI=1S/C23H15NO4/c25-21-14-15-22(26)24(21)19-10-6-18(7-11-19)23(27)28-20-12-8-17(9-13-20)16-4-2-1-3-5-16/h1-15H. The molecule has 0 aromatic heterocycles. The Morgan fingerprint density at radius 1 is 0.679 bits per heavy atom. The van der Waals surface area contributed by atoms with Crippen molar-refractivity contribution in [1.82, 2.24) is 0 Å². The highest BCUT2D eigenvalue weighted by atomic mass is 16.5. The summed E-state index contributed by atoms with van der Waals surface area (Å²) in [6.45, 7) is 0. The number of ether oxygens (including phenoxy) is 1. The van der Waals surface area contributed by atoms with E-state index in [4.69, 9.17) is 4.74 Å². The van der Waals surface area contributed by atoms with Gasteiger partial charge in [-0.3, -0.25) is 9.59 Å². The molecule has 0 N–H and O–H groups in total. The van der Waals surface area contributed by atoms with Crippen molar-refractivity contribution in [3.8, 4) is 16.9 Å². The minimum Gasteiger partial charge on any atom is -0.423 e. The van der Waals surface area contributed by atoms with Gasteiger partial charge in [-0.1, -0.05) is 42.5 Å². The normalized spacial score (nSPS) is 13.1. The molecule has 0 aliphatic carbocycles. The number of benzene rings is 3. The van der Waals surface area contributed by atoms with Crippen LogP contribution in [0, 0.1) is 0 Å². The average Bonchev–Trinajstić information content (AvgIpc) is 3.07. The van der Waals surface area contributed by atoms with Gasteiger partial charge in [0, 0.05) is 12.2 Å². The Bertz CT molecular complexity index is 1050. The molecule has 4 rings (SSSR count). The van der Waals surface area contributed by atoms with Crippen molar-refractivity contribution in [3.63, 3.8) is 0 Å². The van der Waals surface area contributed by atoms with Crippen LogP contribution >= 0.6 is 0 Å². The lowest BCUT2D eigenvalue weighted by atomic mass is 10.1. The van der Waals surface area contributed by atoms with Crippen molar-refractivity contribution in [1.29, 1.82) is 0 Å². The van der Waals surface area contributed by atoms with E-state index in [1.807, 2.05) is 42.5 Å². The van der Waals surface area contributed by atoms with Crippen LogP contribution in [-0.2, 0) is 9.59 Å². The molecule has 3 aromatic rings. The number of hydrogen-bond acceptors (Lipinski definition) is 4. The molecule has 0 radical (unpaired) electrons. The van der Waals surface area contributed by atoms with Gasteiger partial charge in [0.05, 0.1) is 11.3 Å². The Morgan fingerprint density at radius 2 is 1.25 bits per heavy atom. The first-order valence-electron chi connectivity index (χ1n) is 8.66. The van der Waals surface area contributed by atoms with Crippen LogP contribution in [0.1, 0.15) is 10.4 Å². The number of imide groups is 1. The number of rotatable bonds is 4. The maximum absolute atomic E-state index is 12.3. The summed E-state index contributed by atoms with van der Waals surface area (Å²) in [4.78, 5) is 36.8. The van der Waals surface area contributed by atoms with Crippen LogP contribution in [0.25, 0.3) is 11.1 Å². The fourth-order valence-corrected chi connectivity index (χ4v) is 2.91. The monoisotopic (exact) mass is 369 g/mol. The van der Waals surface area contributed by atoms with E-state index in [-0.39, 0.29) is 0 Å². The smallest absolute Gasteiger partial charge is 0.343 e. The number of nitrogens with zero attached hydrogens (tertiary/aromatic N) is 1. The Morgan fingerprint density at radius 3 is 1.86 bits per heavy atom. The van der Waals surface area contributed by atoms with Crippen LogP contribution in [0.15, 0.2) is 91.0 Å². The van der Waals surface area contributed by atoms with Crippen LogP contribution in [-0.4, -0.2) is 17.8 Å². The SMILES string of the molecule is O=C(Oc1ccc(-c2ccccc2)cc1)c1ccc(N2C(=O)C=CC2=O)cc1. The number of anilines is 1. The van der Waals surface area contributed by atoms with Gasteiger partial charge in [0.1, 0.15) is 5.75 Å². The molecule has 5 heteroatoms. The van der Waals surface area contributed by atoms with Gasteiger partial charge in [-0.25, -0.2) is 9.69 Å². The Labute approximate surface area is 161 Å². The molecule has 0 saturated carbocycles. The van der Waals surface area contributed by atoms with Crippen LogP contribution in [0.4, 0.5) is 5.69 Å². The van der Waals surface area contributed by atoms with Gasteiger partial charge in [0.2, 0.25) is 0 Å². The lowest BCUT2D eigenvalue weighted by molar-refractivity contribution is -0.119. The van der Waals surface area contributed by atoms with E-state index < -0.39 is 17.8 Å². The first-order valence-corrected chi connectivity index (χ1v) is 8.66. The second-order valence-corrected chi connectivity index (χ2v) is 6.17. The van der Waals surface area contributed by atoms with Crippen LogP contribution < -0.4 is 9.64 Å². The maximum Gasteiger partial charge on any atom is 0.343 e. The molecule has 0 atom stereocenters. The minimum absolute atomic E-state index is 0.322. The molecule has 0 unspecified atom stereocenters. The van der Waals surface area contributed by atoms with Crippen LogP contribution in [0.3, 0.4) is 0 Å². The Hall–Kier alpha value is -3.99. The second-order valence-electron chi connectivity index (χ2n) is 6.17. The van der Waals surface area contributed by atoms with Crippen LogP contribution in [0.2, 0.25) is 0 Å². The number of hydrogen-bond donors (Lipinski definition) is 0. The highest BCUT2D eigenvalue weighted by Crippen LogP contribution is 2.23. The summed E-state index contributed by atoms with van der Waals surface area (Å²) in [6.07, 6.45) is 2.42. The summed E-state index contributed by atoms with van der Waals surface area (Å²) in [6, 6.07) is 23.3. The van der Waals surface area contributed by atoms with Gasteiger partial charge >= 0.3 is 5.97 Å². The van der Waals surface area contributed by atoms with Crippen molar-refractivity contribution in [2.24, 2.45) is 0 Å². The lowest BCUT2D eigenvalue weighted by Crippen LogP contribution is -2.29. The molecule has 136 valence electrons. The van der Waals surface area contributed by atoms with E-state index in [1.165, 1.54) is 36.4 Å². The molecule has 1 aliphatic rings. The molecule has 0 fully saturated rings. The highest BCUT2D eigenvalue weighted by Gasteiger charge is 2.25. The minimum atomic E-state index is -0.517. The summed E-state index contributed by atoms with van der Waals surface area (Å²) >= 11 is 0.